The second-order valence-electron chi connectivity index (χ2n) is 11.9. The maximum Gasteiger partial charge on any atom is 0.249 e. The van der Waals surface area contributed by atoms with Crippen LogP contribution < -0.4 is 4.73 Å². The third kappa shape index (κ3) is 6.35. The van der Waals surface area contributed by atoms with Crippen LogP contribution in [0.1, 0.15) is 38.7 Å². The Kier molecular flexibility index (Phi) is 8.95. The molecule has 0 spiro atoms. The molecular formula is C30H39N5O6S. The van der Waals surface area contributed by atoms with Gasteiger partial charge in [0.2, 0.25) is 21.8 Å². The fourth-order valence-electron chi connectivity index (χ4n) is 6.47. The van der Waals surface area contributed by atoms with Gasteiger partial charge in [-0.25, -0.2) is 8.42 Å². The number of amides is 2. The van der Waals surface area contributed by atoms with E-state index in [1.807, 2.05) is 36.9 Å². The number of piperazine rings is 1. The van der Waals surface area contributed by atoms with Crippen LogP contribution in [-0.4, -0.2) is 96.4 Å². The lowest BCUT2D eigenvalue weighted by Crippen LogP contribution is -2.50. The molecule has 2 amide bonds. The highest BCUT2D eigenvalue weighted by molar-refractivity contribution is 7.89. The summed E-state index contributed by atoms with van der Waals surface area (Å²) in [7, 11) is -4.11. The SMILES string of the molecule is CC(C)CC(CC(=O)N1CCN(Cc2ccccc2)CC1)C(=O)N1CCC2C1C(=O)CN2S(=O)(=O)c1ccc[n+]([O-])c1. The van der Waals surface area contributed by atoms with Gasteiger partial charge in [0.1, 0.15) is 10.9 Å². The van der Waals surface area contributed by atoms with E-state index in [1.165, 1.54) is 28.8 Å². The first-order valence-corrected chi connectivity index (χ1v) is 16.1. The number of hydrogen-bond donors (Lipinski definition) is 0. The lowest BCUT2D eigenvalue weighted by molar-refractivity contribution is -0.607. The molecule has 3 unspecified atom stereocenters. The van der Waals surface area contributed by atoms with E-state index in [4.69, 9.17) is 0 Å². The number of benzene rings is 1. The lowest BCUT2D eigenvalue weighted by Gasteiger charge is -2.36. The molecule has 12 heteroatoms. The van der Waals surface area contributed by atoms with E-state index < -0.39 is 28.0 Å². The molecule has 0 saturated carbocycles. The molecule has 11 nitrogen and oxygen atoms in total. The Balaban J connectivity index is 1.24. The number of hydrogen-bond acceptors (Lipinski definition) is 7. The topological polar surface area (TPSA) is 125 Å². The van der Waals surface area contributed by atoms with Crippen molar-refractivity contribution >= 4 is 27.6 Å². The molecule has 2 aromatic rings. The van der Waals surface area contributed by atoms with Crippen molar-refractivity contribution in [2.75, 3.05) is 39.3 Å². The summed E-state index contributed by atoms with van der Waals surface area (Å²) in [5, 5.41) is 11.7. The van der Waals surface area contributed by atoms with Crippen LogP contribution in [0, 0.1) is 17.0 Å². The van der Waals surface area contributed by atoms with E-state index in [1.54, 1.807) is 0 Å². The number of nitrogens with zero attached hydrogens (tertiary/aromatic N) is 5. The number of carbonyl (C=O) groups is 3. The Morgan fingerprint density at radius 1 is 1.02 bits per heavy atom. The molecule has 3 aliphatic rings. The monoisotopic (exact) mass is 597 g/mol. The van der Waals surface area contributed by atoms with Gasteiger partial charge in [0, 0.05) is 57.7 Å². The van der Waals surface area contributed by atoms with Gasteiger partial charge in [-0.05, 0) is 30.4 Å². The molecule has 42 heavy (non-hydrogen) atoms. The highest BCUT2D eigenvalue weighted by Gasteiger charge is 2.54. The predicted octanol–water partition coefficient (Wildman–Crippen LogP) is 1.26. The van der Waals surface area contributed by atoms with Crippen molar-refractivity contribution < 1.29 is 27.5 Å². The maximum atomic E-state index is 13.9. The van der Waals surface area contributed by atoms with Crippen molar-refractivity contribution in [2.45, 2.75) is 56.6 Å². The number of Topliss-reactive ketones (excluding diaryl/α,β-unsaturated/α-hetero) is 1. The van der Waals surface area contributed by atoms with Crippen LogP contribution >= 0.6 is 0 Å². The normalized spacial score (nSPS) is 22.5. The van der Waals surface area contributed by atoms with Gasteiger partial charge >= 0.3 is 0 Å². The number of likely N-dealkylation sites (tertiary alicyclic amines) is 1. The number of ketones is 1. The van der Waals surface area contributed by atoms with Gasteiger partial charge in [0.15, 0.2) is 18.2 Å². The van der Waals surface area contributed by atoms with Gasteiger partial charge in [0.25, 0.3) is 0 Å². The zero-order valence-electron chi connectivity index (χ0n) is 24.2. The van der Waals surface area contributed by atoms with Gasteiger partial charge in [-0.1, -0.05) is 44.2 Å². The standard InChI is InChI=1S/C30H39N5O6S/c1-22(2)17-24(18-28(37)32-15-13-31(14-16-32)19-23-7-4-3-5-8-23)30(38)34-12-10-26-29(34)27(36)21-35(26)42(40,41)25-9-6-11-33(39)20-25/h3-9,11,20,22,24,26,29H,10,12-19,21H2,1-2H3. The summed E-state index contributed by atoms with van der Waals surface area (Å²) < 4.78 is 28.2. The first-order valence-electron chi connectivity index (χ1n) is 14.6. The minimum absolute atomic E-state index is 0.0628. The molecule has 3 saturated heterocycles. The predicted molar refractivity (Wildman–Crippen MR) is 154 cm³/mol. The molecule has 3 atom stereocenters. The zero-order chi connectivity index (χ0) is 30.0. The highest BCUT2D eigenvalue weighted by atomic mass is 32.2. The molecule has 5 rings (SSSR count). The highest BCUT2D eigenvalue weighted by Crippen LogP contribution is 2.35. The third-order valence-electron chi connectivity index (χ3n) is 8.52. The number of aromatic nitrogens is 1. The Bertz CT molecular complexity index is 1410. The molecule has 4 heterocycles. The molecule has 0 N–H and O–H groups in total. The van der Waals surface area contributed by atoms with Crippen LogP contribution in [0.3, 0.4) is 0 Å². The number of sulfonamides is 1. The van der Waals surface area contributed by atoms with Crippen LogP contribution in [0.2, 0.25) is 0 Å². The first kappa shape index (κ1) is 30.1. The van der Waals surface area contributed by atoms with Crippen molar-refractivity contribution in [3.05, 3.63) is 65.6 Å². The Hall–Kier alpha value is -3.35. The quantitative estimate of drug-likeness (QED) is 0.315. The number of fused-ring (bicyclic) bond motifs is 1. The van der Waals surface area contributed by atoms with Crippen LogP contribution in [0.25, 0.3) is 0 Å². The van der Waals surface area contributed by atoms with Crippen LogP contribution in [0.5, 0.6) is 0 Å². The Labute approximate surface area is 247 Å². The van der Waals surface area contributed by atoms with E-state index in [0.717, 1.165) is 30.1 Å². The van der Waals surface area contributed by atoms with Crippen LogP contribution in [0.15, 0.2) is 59.8 Å². The Morgan fingerprint density at radius 2 is 1.74 bits per heavy atom. The summed E-state index contributed by atoms with van der Waals surface area (Å²) in [6, 6.07) is 11.3. The molecule has 0 bridgehead atoms. The molecule has 1 aromatic carbocycles. The number of rotatable bonds is 9. The summed E-state index contributed by atoms with van der Waals surface area (Å²) in [6.45, 7) is 7.41. The molecule has 0 radical (unpaired) electrons. The van der Waals surface area contributed by atoms with Gasteiger partial charge in [-0.2, -0.15) is 9.04 Å². The molecule has 0 aliphatic carbocycles. The number of carbonyl (C=O) groups excluding carboxylic acids is 3. The van der Waals surface area contributed by atoms with Crippen molar-refractivity contribution in [2.24, 2.45) is 11.8 Å². The second kappa shape index (κ2) is 12.5. The van der Waals surface area contributed by atoms with Gasteiger partial charge in [0.05, 0.1) is 12.6 Å². The molecular weight excluding hydrogens is 558 g/mol. The fourth-order valence-corrected chi connectivity index (χ4v) is 8.11. The van der Waals surface area contributed by atoms with Crippen LogP contribution in [-0.2, 0) is 31.0 Å². The van der Waals surface area contributed by atoms with Crippen molar-refractivity contribution in [3.63, 3.8) is 0 Å². The minimum atomic E-state index is -4.11. The lowest BCUT2D eigenvalue weighted by atomic mass is 9.91. The summed E-state index contributed by atoms with van der Waals surface area (Å²) in [5.41, 5.74) is 1.23. The summed E-state index contributed by atoms with van der Waals surface area (Å²) in [6.07, 6.45) is 3.03. The fraction of sp³-hybridized carbons (Fsp3) is 0.533. The summed E-state index contributed by atoms with van der Waals surface area (Å²) in [4.78, 5) is 45.9. The molecule has 226 valence electrons. The van der Waals surface area contributed by atoms with Gasteiger partial charge in [-0.3, -0.25) is 19.3 Å². The average molecular weight is 598 g/mol. The molecule has 1 aromatic heterocycles. The van der Waals surface area contributed by atoms with E-state index in [-0.39, 0.29) is 47.9 Å². The minimum Gasteiger partial charge on any atom is -0.619 e. The van der Waals surface area contributed by atoms with Crippen molar-refractivity contribution in [1.82, 2.24) is 19.0 Å². The van der Waals surface area contributed by atoms with Crippen LogP contribution in [0.4, 0.5) is 0 Å². The third-order valence-corrected chi connectivity index (χ3v) is 10.4. The first-order chi connectivity index (χ1) is 20.0. The zero-order valence-corrected chi connectivity index (χ0v) is 25.0. The largest absolute Gasteiger partial charge is 0.619 e. The average Bonchev–Trinajstić information content (AvgIpc) is 3.54. The van der Waals surface area contributed by atoms with Gasteiger partial charge in [-0.15, -0.1) is 0 Å². The van der Waals surface area contributed by atoms with E-state index in [9.17, 15) is 28.0 Å². The smallest absolute Gasteiger partial charge is 0.249 e. The van der Waals surface area contributed by atoms with Crippen molar-refractivity contribution in [3.8, 4) is 0 Å². The number of pyridine rings is 1. The summed E-state index contributed by atoms with van der Waals surface area (Å²) in [5.74, 6) is -1.12. The summed E-state index contributed by atoms with van der Waals surface area (Å²) >= 11 is 0. The molecule has 3 aliphatic heterocycles. The second-order valence-corrected chi connectivity index (χ2v) is 13.8. The van der Waals surface area contributed by atoms with Gasteiger partial charge < -0.3 is 15.0 Å². The van der Waals surface area contributed by atoms with Crippen molar-refractivity contribution in [1.29, 1.82) is 0 Å². The van der Waals surface area contributed by atoms with E-state index in [2.05, 4.69) is 17.0 Å². The van der Waals surface area contributed by atoms with E-state index >= 15 is 0 Å². The van der Waals surface area contributed by atoms with E-state index in [0.29, 0.717) is 30.7 Å². The Morgan fingerprint density at radius 3 is 2.40 bits per heavy atom. The maximum absolute atomic E-state index is 13.9. The molecule has 3 fully saturated rings.